The molecular weight excluding hydrogens is 278 g/mol. The second-order valence-corrected chi connectivity index (χ2v) is 6.55. The van der Waals surface area contributed by atoms with Crippen LogP contribution in [0.2, 0.25) is 0 Å². The molecule has 3 heteroatoms. The Morgan fingerprint density at radius 1 is 1.19 bits per heavy atom. The third-order valence-electron chi connectivity index (χ3n) is 3.95. The lowest BCUT2D eigenvalue weighted by Gasteiger charge is -2.37. The van der Waals surface area contributed by atoms with Crippen LogP contribution in [0.4, 0.5) is 0 Å². The lowest BCUT2D eigenvalue weighted by Crippen LogP contribution is -2.46. The fourth-order valence-corrected chi connectivity index (χ4v) is 3.80. The maximum atomic E-state index is 6.32. The molecule has 1 fully saturated rings. The zero-order chi connectivity index (χ0) is 14.5. The van der Waals surface area contributed by atoms with Crippen LogP contribution < -0.4 is 5.32 Å². The Bertz CT molecular complexity index is 587. The summed E-state index contributed by atoms with van der Waals surface area (Å²) in [7, 11) is 0. The van der Waals surface area contributed by atoms with Crippen molar-refractivity contribution < 1.29 is 4.74 Å². The second kappa shape index (κ2) is 6.82. The third-order valence-corrected chi connectivity index (χ3v) is 5.02. The predicted molar refractivity (Wildman–Crippen MR) is 90.8 cm³/mol. The van der Waals surface area contributed by atoms with E-state index in [0.717, 1.165) is 37.5 Å². The van der Waals surface area contributed by atoms with Crippen molar-refractivity contribution in [2.45, 2.75) is 25.5 Å². The van der Waals surface area contributed by atoms with Gasteiger partial charge in [0.2, 0.25) is 0 Å². The van der Waals surface area contributed by atoms with E-state index in [4.69, 9.17) is 10.1 Å². The van der Waals surface area contributed by atoms with Crippen LogP contribution in [0.5, 0.6) is 0 Å². The van der Waals surface area contributed by atoms with Gasteiger partial charge in [-0.2, -0.15) is 11.8 Å². The summed E-state index contributed by atoms with van der Waals surface area (Å²) < 4.78 is 6.32. The number of unbranched alkanes of at least 4 members (excludes halogenated alkanes) is 1. The number of rotatable bonds is 5. The highest BCUT2D eigenvalue weighted by atomic mass is 32.2. The Morgan fingerprint density at radius 2 is 2.05 bits per heavy atom. The Hall–Kier alpha value is -1.03. The molecule has 0 aliphatic carbocycles. The van der Waals surface area contributed by atoms with Gasteiger partial charge in [0.25, 0.3) is 0 Å². The maximum Gasteiger partial charge on any atom is 0.169 e. The van der Waals surface area contributed by atoms with E-state index in [1.807, 2.05) is 11.8 Å². The highest BCUT2D eigenvalue weighted by Crippen LogP contribution is 2.36. The van der Waals surface area contributed by atoms with E-state index < -0.39 is 5.72 Å². The Balaban J connectivity index is 2.01. The van der Waals surface area contributed by atoms with Crippen LogP contribution in [0.25, 0.3) is 10.8 Å². The minimum absolute atomic E-state index is 0.459. The molecule has 21 heavy (non-hydrogen) atoms. The van der Waals surface area contributed by atoms with Gasteiger partial charge < -0.3 is 4.74 Å². The summed E-state index contributed by atoms with van der Waals surface area (Å²) in [6, 6.07) is 15.0. The molecule has 1 radical (unpaired) electrons. The first kappa shape index (κ1) is 14.9. The van der Waals surface area contributed by atoms with Crippen molar-refractivity contribution in [1.29, 1.82) is 0 Å². The normalized spacial score (nSPS) is 22.5. The molecule has 3 rings (SSSR count). The molecule has 0 saturated carbocycles. The average molecular weight is 300 g/mol. The molecule has 0 amide bonds. The summed E-state index contributed by atoms with van der Waals surface area (Å²) >= 11 is 1.94. The van der Waals surface area contributed by atoms with Gasteiger partial charge >= 0.3 is 0 Å². The van der Waals surface area contributed by atoms with Crippen LogP contribution in [0.15, 0.2) is 42.5 Å². The average Bonchev–Trinajstić information content (AvgIpc) is 2.55. The lowest BCUT2D eigenvalue weighted by molar-refractivity contribution is -0.0623. The Morgan fingerprint density at radius 3 is 2.86 bits per heavy atom. The van der Waals surface area contributed by atoms with Gasteiger partial charge in [-0.05, 0) is 17.2 Å². The predicted octanol–water partition coefficient (Wildman–Crippen LogP) is 4.16. The third kappa shape index (κ3) is 3.10. The standard InChI is InChI=1S/C18H22NOS/c1-2-3-12-20-18(14-21-13-11-19-18)17-10-6-8-15-7-4-5-9-16(15)17/h4-10H,2-3,11-14H2,1H3. The number of fused-ring (bicyclic) bond motifs is 1. The van der Waals surface area contributed by atoms with E-state index in [1.165, 1.54) is 16.3 Å². The zero-order valence-corrected chi connectivity index (χ0v) is 13.4. The molecule has 2 nitrogen and oxygen atoms in total. The highest BCUT2D eigenvalue weighted by molar-refractivity contribution is 7.99. The molecule has 0 aromatic heterocycles. The van der Waals surface area contributed by atoms with Gasteiger partial charge in [0, 0.05) is 30.2 Å². The van der Waals surface area contributed by atoms with E-state index >= 15 is 0 Å². The number of ether oxygens (including phenoxy) is 1. The number of benzene rings is 2. The molecule has 111 valence electrons. The molecule has 1 unspecified atom stereocenters. The van der Waals surface area contributed by atoms with Gasteiger partial charge in [0.15, 0.2) is 5.72 Å². The molecule has 1 aliphatic heterocycles. The summed E-state index contributed by atoms with van der Waals surface area (Å²) in [5.74, 6) is 2.02. The molecule has 1 atom stereocenters. The van der Waals surface area contributed by atoms with Gasteiger partial charge in [-0.25, -0.2) is 5.32 Å². The second-order valence-electron chi connectivity index (χ2n) is 5.45. The van der Waals surface area contributed by atoms with Crippen LogP contribution in [0.3, 0.4) is 0 Å². The first-order chi connectivity index (χ1) is 10.4. The quantitative estimate of drug-likeness (QED) is 0.774. The van der Waals surface area contributed by atoms with Crippen molar-refractivity contribution in [3.05, 3.63) is 48.0 Å². The van der Waals surface area contributed by atoms with Crippen LogP contribution in [0.1, 0.15) is 25.3 Å². The summed E-state index contributed by atoms with van der Waals surface area (Å²) in [6.45, 7) is 3.85. The van der Waals surface area contributed by atoms with Crippen LogP contribution in [-0.4, -0.2) is 24.7 Å². The zero-order valence-electron chi connectivity index (χ0n) is 12.5. The molecule has 2 aromatic rings. The van der Waals surface area contributed by atoms with Crippen molar-refractivity contribution in [3.63, 3.8) is 0 Å². The largest absolute Gasteiger partial charge is 0.354 e. The monoisotopic (exact) mass is 300 g/mol. The fraction of sp³-hybridized carbons (Fsp3) is 0.444. The summed E-state index contributed by atoms with van der Waals surface area (Å²) in [6.07, 6.45) is 2.24. The topological polar surface area (TPSA) is 23.3 Å². The summed E-state index contributed by atoms with van der Waals surface area (Å²) in [5, 5.41) is 7.44. The molecule has 1 aliphatic rings. The van der Waals surface area contributed by atoms with E-state index in [2.05, 4.69) is 49.4 Å². The van der Waals surface area contributed by atoms with Crippen molar-refractivity contribution in [1.82, 2.24) is 5.32 Å². The fourth-order valence-electron chi connectivity index (χ4n) is 2.83. The molecule has 0 bridgehead atoms. The van der Waals surface area contributed by atoms with Crippen LogP contribution in [0, 0.1) is 0 Å². The van der Waals surface area contributed by atoms with Crippen molar-refractivity contribution in [3.8, 4) is 0 Å². The van der Waals surface area contributed by atoms with Crippen molar-refractivity contribution in [2.75, 3.05) is 24.7 Å². The highest BCUT2D eigenvalue weighted by Gasteiger charge is 2.37. The molecule has 1 heterocycles. The van der Waals surface area contributed by atoms with Crippen LogP contribution >= 0.6 is 11.8 Å². The lowest BCUT2D eigenvalue weighted by atomic mass is 9.96. The van der Waals surface area contributed by atoms with Crippen molar-refractivity contribution in [2.24, 2.45) is 0 Å². The minimum atomic E-state index is -0.459. The van der Waals surface area contributed by atoms with E-state index in [-0.39, 0.29) is 0 Å². The van der Waals surface area contributed by atoms with Crippen LogP contribution in [-0.2, 0) is 10.5 Å². The van der Waals surface area contributed by atoms with Gasteiger partial charge in [-0.1, -0.05) is 55.8 Å². The molecule has 0 N–H and O–H groups in total. The Kier molecular flexibility index (Phi) is 4.84. The van der Waals surface area contributed by atoms with Gasteiger partial charge in [-0.3, -0.25) is 0 Å². The van der Waals surface area contributed by atoms with E-state index in [0.29, 0.717) is 0 Å². The first-order valence-corrected chi connectivity index (χ1v) is 8.90. The number of hydrogen-bond acceptors (Lipinski definition) is 2. The van der Waals surface area contributed by atoms with Crippen molar-refractivity contribution >= 4 is 22.5 Å². The molecule has 1 saturated heterocycles. The van der Waals surface area contributed by atoms with Gasteiger partial charge in [0.1, 0.15) is 0 Å². The summed E-state index contributed by atoms with van der Waals surface area (Å²) in [5.41, 5.74) is 0.766. The number of thioether (sulfide) groups is 1. The smallest absolute Gasteiger partial charge is 0.169 e. The molecular formula is C18H22NOS. The van der Waals surface area contributed by atoms with E-state index in [9.17, 15) is 0 Å². The minimum Gasteiger partial charge on any atom is -0.354 e. The SMILES string of the molecule is CCCCOC1(c2cccc3ccccc23)CSCC[N]1. The molecule has 0 spiro atoms. The van der Waals surface area contributed by atoms with E-state index in [1.54, 1.807) is 0 Å². The van der Waals surface area contributed by atoms with Gasteiger partial charge in [-0.15, -0.1) is 0 Å². The first-order valence-electron chi connectivity index (χ1n) is 7.74. The number of nitrogens with zero attached hydrogens (tertiary/aromatic N) is 1. The Labute approximate surface area is 131 Å². The maximum absolute atomic E-state index is 6.32. The van der Waals surface area contributed by atoms with Gasteiger partial charge in [0.05, 0.1) is 0 Å². The summed E-state index contributed by atoms with van der Waals surface area (Å²) in [4.78, 5) is 0. The molecule has 2 aromatic carbocycles. The number of hydrogen-bond donors (Lipinski definition) is 0.